The molecule has 0 aromatic carbocycles. The van der Waals surface area contributed by atoms with Gasteiger partial charge in [-0.05, 0) is 26.1 Å². The van der Waals surface area contributed by atoms with Crippen molar-refractivity contribution in [3.05, 3.63) is 18.5 Å². The topological polar surface area (TPSA) is 29.0 Å². The summed E-state index contributed by atoms with van der Waals surface area (Å²) in [5.41, 5.74) is 0. The highest BCUT2D eigenvalue weighted by Crippen LogP contribution is 2.10. The number of hydrogen-bond donors (Lipinski definition) is 0. The largest absolute Gasteiger partial charge is 0.306 e. The smallest absolute Gasteiger partial charge is 0.187 e. The minimum absolute atomic E-state index is 0.873. The van der Waals surface area contributed by atoms with E-state index in [-0.39, 0.29) is 0 Å². The second-order valence-corrected chi connectivity index (χ2v) is 4.25. The molecule has 3 nitrogen and oxygen atoms in total. The SMILES string of the molecule is CCCN(C)CCSc1ncccn1. The lowest BCUT2D eigenvalue weighted by molar-refractivity contribution is 0.356. The molecule has 0 aliphatic heterocycles. The average Bonchev–Trinajstić information content (AvgIpc) is 2.20. The Morgan fingerprint density at radius 2 is 2.00 bits per heavy atom. The fourth-order valence-corrected chi connectivity index (χ4v) is 2.00. The molecule has 14 heavy (non-hydrogen) atoms. The Bertz CT molecular complexity index is 240. The molecule has 0 saturated carbocycles. The summed E-state index contributed by atoms with van der Waals surface area (Å²) < 4.78 is 0. The van der Waals surface area contributed by atoms with Crippen LogP contribution in [0.15, 0.2) is 23.6 Å². The highest BCUT2D eigenvalue weighted by molar-refractivity contribution is 7.99. The summed E-state index contributed by atoms with van der Waals surface area (Å²) in [6.45, 7) is 4.46. The van der Waals surface area contributed by atoms with Gasteiger partial charge in [0.2, 0.25) is 0 Å². The van der Waals surface area contributed by atoms with E-state index < -0.39 is 0 Å². The Hall–Kier alpha value is -0.610. The molecule has 0 atom stereocenters. The van der Waals surface area contributed by atoms with E-state index in [4.69, 9.17) is 0 Å². The first-order valence-electron chi connectivity index (χ1n) is 4.91. The van der Waals surface area contributed by atoms with Gasteiger partial charge in [-0.25, -0.2) is 9.97 Å². The predicted molar refractivity (Wildman–Crippen MR) is 60.5 cm³/mol. The summed E-state index contributed by atoms with van der Waals surface area (Å²) in [4.78, 5) is 10.6. The van der Waals surface area contributed by atoms with Crippen LogP contribution < -0.4 is 0 Å². The van der Waals surface area contributed by atoms with Crippen LogP contribution in [0.2, 0.25) is 0 Å². The summed E-state index contributed by atoms with van der Waals surface area (Å²) >= 11 is 1.71. The van der Waals surface area contributed by atoms with Gasteiger partial charge in [0.25, 0.3) is 0 Å². The van der Waals surface area contributed by atoms with Crippen molar-refractivity contribution in [1.82, 2.24) is 14.9 Å². The zero-order valence-electron chi connectivity index (χ0n) is 8.81. The maximum absolute atomic E-state index is 4.15. The lowest BCUT2D eigenvalue weighted by Gasteiger charge is -2.13. The van der Waals surface area contributed by atoms with Gasteiger partial charge < -0.3 is 4.90 Å². The lowest BCUT2D eigenvalue weighted by atomic mass is 10.4. The van der Waals surface area contributed by atoms with Gasteiger partial charge in [-0.1, -0.05) is 18.7 Å². The second kappa shape index (κ2) is 6.79. The standard InChI is InChI=1S/C10H17N3S/c1-3-7-13(2)8-9-14-10-11-5-4-6-12-10/h4-6H,3,7-9H2,1-2H3. The van der Waals surface area contributed by atoms with E-state index >= 15 is 0 Å². The fourth-order valence-electron chi connectivity index (χ4n) is 1.15. The van der Waals surface area contributed by atoms with Crippen LogP contribution in [-0.2, 0) is 0 Å². The van der Waals surface area contributed by atoms with Crippen LogP contribution in [0.1, 0.15) is 13.3 Å². The first-order valence-corrected chi connectivity index (χ1v) is 5.90. The number of hydrogen-bond acceptors (Lipinski definition) is 4. The first-order chi connectivity index (χ1) is 6.83. The van der Waals surface area contributed by atoms with E-state index in [1.165, 1.54) is 6.42 Å². The minimum atomic E-state index is 0.873. The highest BCUT2D eigenvalue weighted by atomic mass is 32.2. The van der Waals surface area contributed by atoms with Crippen molar-refractivity contribution < 1.29 is 0 Å². The zero-order chi connectivity index (χ0) is 10.2. The number of rotatable bonds is 6. The van der Waals surface area contributed by atoms with Gasteiger partial charge in [0.15, 0.2) is 5.16 Å². The van der Waals surface area contributed by atoms with Crippen molar-refractivity contribution in [1.29, 1.82) is 0 Å². The third-order valence-electron chi connectivity index (χ3n) is 1.85. The quantitative estimate of drug-likeness (QED) is 0.531. The van der Waals surface area contributed by atoms with Gasteiger partial charge in [0.05, 0.1) is 0 Å². The molecular formula is C10H17N3S. The molecule has 0 spiro atoms. The van der Waals surface area contributed by atoms with Gasteiger partial charge in [-0.2, -0.15) is 0 Å². The van der Waals surface area contributed by atoms with Crippen molar-refractivity contribution in [2.45, 2.75) is 18.5 Å². The Morgan fingerprint density at radius 3 is 2.64 bits per heavy atom. The van der Waals surface area contributed by atoms with Crippen molar-refractivity contribution in [3.8, 4) is 0 Å². The van der Waals surface area contributed by atoms with Gasteiger partial charge in [-0.15, -0.1) is 0 Å². The molecule has 0 fully saturated rings. The number of aromatic nitrogens is 2. The van der Waals surface area contributed by atoms with Crippen LogP contribution in [0.5, 0.6) is 0 Å². The van der Waals surface area contributed by atoms with Crippen molar-refractivity contribution in [2.75, 3.05) is 25.9 Å². The van der Waals surface area contributed by atoms with Crippen LogP contribution in [0.25, 0.3) is 0 Å². The average molecular weight is 211 g/mol. The molecule has 78 valence electrons. The molecule has 4 heteroatoms. The predicted octanol–water partition coefficient (Wildman–Crippen LogP) is 1.91. The normalized spacial score (nSPS) is 10.8. The Balaban J connectivity index is 2.16. The van der Waals surface area contributed by atoms with E-state index in [1.807, 2.05) is 6.07 Å². The van der Waals surface area contributed by atoms with Gasteiger partial charge in [-0.3, -0.25) is 0 Å². The first kappa shape index (κ1) is 11.5. The molecule has 0 unspecified atom stereocenters. The van der Waals surface area contributed by atoms with Gasteiger partial charge in [0, 0.05) is 24.7 Å². The van der Waals surface area contributed by atoms with Crippen LogP contribution in [0.4, 0.5) is 0 Å². The molecule has 0 aliphatic carbocycles. The van der Waals surface area contributed by atoms with E-state index in [0.717, 1.165) is 24.0 Å². The summed E-state index contributed by atoms with van der Waals surface area (Å²) in [5, 5.41) is 0.873. The van der Waals surface area contributed by atoms with Crippen LogP contribution in [-0.4, -0.2) is 40.8 Å². The lowest BCUT2D eigenvalue weighted by Crippen LogP contribution is -2.21. The molecule has 0 radical (unpaired) electrons. The zero-order valence-corrected chi connectivity index (χ0v) is 9.63. The van der Waals surface area contributed by atoms with Crippen molar-refractivity contribution in [2.24, 2.45) is 0 Å². The minimum Gasteiger partial charge on any atom is -0.306 e. The molecular weight excluding hydrogens is 194 g/mol. The number of thioether (sulfide) groups is 1. The molecule has 0 saturated heterocycles. The van der Waals surface area contributed by atoms with E-state index in [0.29, 0.717) is 0 Å². The molecule has 1 aromatic heterocycles. The van der Waals surface area contributed by atoms with Crippen LogP contribution in [0, 0.1) is 0 Å². The summed E-state index contributed by atoms with van der Waals surface area (Å²) in [5.74, 6) is 1.06. The Kier molecular flexibility index (Phi) is 5.56. The van der Waals surface area contributed by atoms with Gasteiger partial charge >= 0.3 is 0 Å². The van der Waals surface area contributed by atoms with E-state index in [9.17, 15) is 0 Å². The molecule has 1 aromatic rings. The molecule has 1 heterocycles. The molecule has 0 amide bonds. The molecule has 1 rings (SSSR count). The Morgan fingerprint density at radius 1 is 1.29 bits per heavy atom. The maximum Gasteiger partial charge on any atom is 0.187 e. The van der Waals surface area contributed by atoms with Crippen molar-refractivity contribution in [3.63, 3.8) is 0 Å². The van der Waals surface area contributed by atoms with Gasteiger partial charge in [0.1, 0.15) is 0 Å². The van der Waals surface area contributed by atoms with Crippen LogP contribution >= 0.6 is 11.8 Å². The summed E-state index contributed by atoms with van der Waals surface area (Å²) in [7, 11) is 2.15. The number of nitrogens with zero attached hydrogens (tertiary/aromatic N) is 3. The fraction of sp³-hybridized carbons (Fsp3) is 0.600. The molecule has 0 aliphatic rings. The summed E-state index contributed by atoms with van der Waals surface area (Å²) in [6, 6.07) is 1.84. The van der Waals surface area contributed by atoms with E-state index in [2.05, 4.69) is 28.8 Å². The monoisotopic (exact) mass is 211 g/mol. The van der Waals surface area contributed by atoms with E-state index in [1.54, 1.807) is 24.2 Å². The highest BCUT2D eigenvalue weighted by Gasteiger charge is 1.98. The third-order valence-corrected chi connectivity index (χ3v) is 2.71. The Labute approximate surface area is 89.9 Å². The second-order valence-electron chi connectivity index (χ2n) is 3.18. The maximum atomic E-state index is 4.15. The molecule has 0 bridgehead atoms. The van der Waals surface area contributed by atoms with Crippen LogP contribution in [0.3, 0.4) is 0 Å². The third kappa shape index (κ3) is 4.58. The summed E-state index contributed by atoms with van der Waals surface area (Å²) in [6.07, 6.45) is 4.78. The van der Waals surface area contributed by atoms with Crippen molar-refractivity contribution >= 4 is 11.8 Å². The molecule has 0 N–H and O–H groups in total.